The number of hydrogen-bond donors (Lipinski definition) is 1. The van der Waals surface area contributed by atoms with Crippen LogP contribution in [-0.4, -0.2) is 24.9 Å². The first kappa shape index (κ1) is 17.9. The second-order valence-corrected chi connectivity index (χ2v) is 5.44. The van der Waals surface area contributed by atoms with Crippen molar-refractivity contribution in [3.05, 3.63) is 64.7 Å². The highest BCUT2D eigenvalue weighted by Crippen LogP contribution is 2.23. The van der Waals surface area contributed by atoms with Crippen LogP contribution in [0.2, 0.25) is 5.02 Å². The molecule has 0 spiro atoms. The zero-order chi connectivity index (χ0) is 17.7. The van der Waals surface area contributed by atoms with E-state index >= 15 is 0 Å². The number of anilines is 1. The highest BCUT2D eigenvalue weighted by atomic mass is 35.5. The van der Waals surface area contributed by atoms with Crippen LogP contribution < -0.4 is 10.2 Å². The molecule has 0 bridgehead atoms. The number of carbonyl (C=O) groups is 2. The number of nitrogens with one attached hydrogen (secondary N) is 1. The van der Waals surface area contributed by atoms with Crippen molar-refractivity contribution in [3.8, 4) is 0 Å². The number of rotatable bonds is 5. The second kappa shape index (κ2) is 7.88. The maximum absolute atomic E-state index is 13.8. The van der Waals surface area contributed by atoms with Crippen molar-refractivity contribution in [1.82, 2.24) is 5.32 Å². The highest BCUT2D eigenvalue weighted by molar-refractivity contribution is 6.30. The van der Waals surface area contributed by atoms with Gasteiger partial charge in [-0.1, -0.05) is 23.7 Å². The number of para-hydroxylation sites is 1. The summed E-state index contributed by atoms with van der Waals surface area (Å²) in [6.07, 6.45) is 0. The van der Waals surface area contributed by atoms with E-state index in [9.17, 15) is 18.4 Å². The normalized spacial score (nSPS) is 10.3. The Labute approximate surface area is 143 Å². The van der Waals surface area contributed by atoms with Crippen LogP contribution in [0, 0.1) is 11.6 Å². The maximum Gasteiger partial charge on any atom is 0.251 e. The first-order valence-corrected chi connectivity index (χ1v) is 7.54. The number of hydrogen-bond acceptors (Lipinski definition) is 2. The van der Waals surface area contributed by atoms with Crippen LogP contribution in [0.1, 0.15) is 17.3 Å². The Bertz CT molecular complexity index is 748. The Hall–Kier alpha value is -2.47. The number of amides is 2. The largest absolute Gasteiger partial charge is 0.350 e. The minimum Gasteiger partial charge on any atom is -0.350 e. The molecule has 2 amide bonds. The highest BCUT2D eigenvalue weighted by Gasteiger charge is 2.20. The molecule has 0 radical (unpaired) electrons. The van der Waals surface area contributed by atoms with E-state index in [1.54, 1.807) is 18.2 Å². The molecule has 0 saturated heterocycles. The van der Waals surface area contributed by atoms with Crippen molar-refractivity contribution in [2.45, 2.75) is 6.92 Å². The summed E-state index contributed by atoms with van der Waals surface area (Å²) in [7, 11) is 0. The van der Waals surface area contributed by atoms with Gasteiger partial charge < -0.3 is 10.2 Å². The van der Waals surface area contributed by atoms with Crippen LogP contribution in [0.15, 0.2) is 42.5 Å². The van der Waals surface area contributed by atoms with Crippen LogP contribution in [0.3, 0.4) is 0 Å². The van der Waals surface area contributed by atoms with Crippen molar-refractivity contribution >= 4 is 29.1 Å². The summed E-state index contributed by atoms with van der Waals surface area (Å²) in [5.41, 5.74) is -0.0732. The molecule has 0 unspecified atom stereocenters. The zero-order valence-electron chi connectivity index (χ0n) is 12.9. The number of nitrogens with zero attached hydrogens (tertiary/aromatic N) is 1. The second-order valence-electron chi connectivity index (χ2n) is 5.01. The molecule has 0 aliphatic heterocycles. The molecule has 4 nitrogen and oxygen atoms in total. The Morgan fingerprint density at radius 1 is 1.12 bits per heavy atom. The molecule has 7 heteroatoms. The SMILES string of the molecule is CC(=O)N(CCNC(=O)c1cccc(Cl)c1)c1c(F)cccc1F. The lowest BCUT2D eigenvalue weighted by Crippen LogP contribution is -2.38. The van der Waals surface area contributed by atoms with Gasteiger partial charge in [-0.25, -0.2) is 8.78 Å². The summed E-state index contributed by atoms with van der Waals surface area (Å²) in [4.78, 5) is 24.6. The number of halogens is 3. The number of benzene rings is 2. The van der Waals surface area contributed by atoms with E-state index in [2.05, 4.69) is 5.32 Å². The fourth-order valence-electron chi connectivity index (χ4n) is 2.19. The summed E-state index contributed by atoms with van der Waals surface area (Å²) in [5, 5.41) is 3.00. The lowest BCUT2D eigenvalue weighted by molar-refractivity contribution is -0.116. The van der Waals surface area contributed by atoms with E-state index in [0.717, 1.165) is 17.0 Å². The van der Waals surface area contributed by atoms with Crippen molar-refractivity contribution in [3.63, 3.8) is 0 Å². The molecule has 0 aliphatic rings. The third kappa shape index (κ3) is 4.29. The lowest BCUT2D eigenvalue weighted by atomic mass is 10.2. The predicted octanol–water partition coefficient (Wildman–Crippen LogP) is 3.40. The molecule has 0 aromatic heterocycles. The molecular formula is C17H15ClF2N2O2. The van der Waals surface area contributed by atoms with Crippen LogP contribution >= 0.6 is 11.6 Å². The summed E-state index contributed by atoms with van der Waals surface area (Å²) in [6, 6.07) is 9.70. The van der Waals surface area contributed by atoms with Crippen LogP contribution in [-0.2, 0) is 4.79 Å². The van der Waals surface area contributed by atoms with Gasteiger partial charge in [-0.2, -0.15) is 0 Å². The molecule has 1 N–H and O–H groups in total. The van der Waals surface area contributed by atoms with Gasteiger partial charge in [-0.05, 0) is 30.3 Å². The molecule has 0 atom stereocenters. The van der Waals surface area contributed by atoms with E-state index < -0.39 is 29.1 Å². The summed E-state index contributed by atoms with van der Waals surface area (Å²) < 4.78 is 27.6. The Morgan fingerprint density at radius 3 is 2.33 bits per heavy atom. The molecular weight excluding hydrogens is 338 g/mol. The van der Waals surface area contributed by atoms with Crippen molar-refractivity contribution in [1.29, 1.82) is 0 Å². The van der Waals surface area contributed by atoms with Gasteiger partial charge in [0.25, 0.3) is 5.91 Å². The van der Waals surface area contributed by atoms with Gasteiger partial charge >= 0.3 is 0 Å². The predicted molar refractivity (Wildman–Crippen MR) is 88.2 cm³/mol. The quantitative estimate of drug-likeness (QED) is 0.896. The lowest BCUT2D eigenvalue weighted by Gasteiger charge is -2.22. The van der Waals surface area contributed by atoms with E-state index in [0.29, 0.717) is 10.6 Å². The zero-order valence-corrected chi connectivity index (χ0v) is 13.6. The average Bonchev–Trinajstić information content (AvgIpc) is 2.52. The van der Waals surface area contributed by atoms with Gasteiger partial charge in [-0.15, -0.1) is 0 Å². The van der Waals surface area contributed by atoms with E-state index in [4.69, 9.17) is 11.6 Å². The van der Waals surface area contributed by atoms with Crippen LogP contribution in [0.25, 0.3) is 0 Å². The van der Waals surface area contributed by atoms with Gasteiger partial charge in [0.1, 0.15) is 17.3 Å². The van der Waals surface area contributed by atoms with Gasteiger partial charge in [0.05, 0.1) is 0 Å². The first-order valence-electron chi connectivity index (χ1n) is 7.16. The van der Waals surface area contributed by atoms with Crippen molar-refractivity contribution in [2.75, 3.05) is 18.0 Å². The molecule has 2 rings (SSSR count). The van der Waals surface area contributed by atoms with Gasteiger partial charge in [0.2, 0.25) is 5.91 Å². The Morgan fingerprint density at radius 2 is 1.75 bits per heavy atom. The van der Waals surface area contributed by atoms with E-state index in [1.807, 2.05) is 0 Å². The van der Waals surface area contributed by atoms with Gasteiger partial charge in [0.15, 0.2) is 0 Å². The third-order valence-electron chi connectivity index (χ3n) is 3.30. The minimum absolute atomic E-state index is 0.0265. The van der Waals surface area contributed by atoms with E-state index in [1.165, 1.54) is 19.1 Å². The average molecular weight is 353 g/mol. The smallest absolute Gasteiger partial charge is 0.251 e. The monoisotopic (exact) mass is 352 g/mol. The molecule has 0 heterocycles. The summed E-state index contributed by atoms with van der Waals surface area (Å²) in [5.74, 6) is -2.61. The molecule has 2 aromatic rings. The van der Waals surface area contributed by atoms with E-state index in [-0.39, 0.29) is 13.1 Å². The van der Waals surface area contributed by atoms with Gasteiger partial charge in [0, 0.05) is 30.6 Å². The first-order chi connectivity index (χ1) is 11.4. The van der Waals surface area contributed by atoms with Crippen molar-refractivity contribution < 1.29 is 18.4 Å². The fraction of sp³-hybridized carbons (Fsp3) is 0.176. The summed E-state index contributed by atoms with van der Waals surface area (Å²) in [6.45, 7) is 1.16. The van der Waals surface area contributed by atoms with Crippen molar-refractivity contribution in [2.24, 2.45) is 0 Å². The van der Waals surface area contributed by atoms with Gasteiger partial charge in [-0.3, -0.25) is 9.59 Å². The topological polar surface area (TPSA) is 49.4 Å². The standard InChI is InChI=1S/C17H15ClF2N2O2/c1-11(23)22(16-14(19)6-3-7-15(16)20)9-8-21-17(24)12-4-2-5-13(18)10-12/h2-7,10H,8-9H2,1H3,(H,21,24). The fourth-order valence-corrected chi connectivity index (χ4v) is 2.38. The Kier molecular flexibility index (Phi) is 5.87. The Balaban J connectivity index is 2.05. The maximum atomic E-state index is 13.8. The molecule has 126 valence electrons. The summed E-state index contributed by atoms with van der Waals surface area (Å²) >= 11 is 5.81. The number of carbonyl (C=O) groups excluding carboxylic acids is 2. The van der Waals surface area contributed by atoms with Crippen LogP contribution in [0.5, 0.6) is 0 Å². The molecule has 0 fully saturated rings. The third-order valence-corrected chi connectivity index (χ3v) is 3.53. The minimum atomic E-state index is -0.841. The molecule has 0 aliphatic carbocycles. The molecule has 24 heavy (non-hydrogen) atoms. The molecule has 2 aromatic carbocycles. The van der Waals surface area contributed by atoms with Crippen LogP contribution in [0.4, 0.5) is 14.5 Å². The molecule has 0 saturated carbocycles.